The van der Waals surface area contributed by atoms with Crippen molar-refractivity contribution in [3.63, 3.8) is 0 Å². The van der Waals surface area contributed by atoms with Gasteiger partial charge in [0, 0.05) is 32.7 Å². The van der Waals surface area contributed by atoms with E-state index in [0.717, 1.165) is 68.0 Å². The van der Waals surface area contributed by atoms with Gasteiger partial charge in [-0.1, -0.05) is 39.8 Å². The molecule has 164 valence electrons. The molecule has 0 spiro atoms. The number of nitrogens with zero attached hydrogens (tertiary/aromatic N) is 2. The molecule has 0 fully saturated rings. The Kier molecular flexibility index (Phi) is 11.1. The summed E-state index contributed by atoms with van der Waals surface area (Å²) in [5, 5.41) is 10.4. The minimum Gasteiger partial charge on any atom is -0.356 e. The number of imidazole rings is 1. The molecular weight excluding hydrogens is 360 g/mol. The number of aromatic nitrogens is 2. The van der Waals surface area contributed by atoms with Gasteiger partial charge in [0.1, 0.15) is 0 Å². The average molecular weight is 403 g/mol. The van der Waals surface area contributed by atoms with Gasteiger partial charge in [-0.25, -0.2) is 4.98 Å². The van der Waals surface area contributed by atoms with E-state index >= 15 is 0 Å². The monoisotopic (exact) mass is 402 g/mol. The van der Waals surface area contributed by atoms with E-state index in [-0.39, 0.29) is 0 Å². The van der Waals surface area contributed by atoms with Gasteiger partial charge in [-0.15, -0.1) is 0 Å². The second-order valence-electron chi connectivity index (χ2n) is 8.78. The fourth-order valence-corrected chi connectivity index (χ4v) is 3.60. The van der Waals surface area contributed by atoms with Crippen molar-refractivity contribution in [2.75, 3.05) is 57.7 Å². The van der Waals surface area contributed by atoms with Gasteiger partial charge in [0.25, 0.3) is 0 Å². The minimum atomic E-state index is 0.743. The summed E-state index contributed by atoms with van der Waals surface area (Å²) in [7, 11) is 0. The number of aromatic amines is 1. The molecular formula is C23H42N6. The quantitative estimate of drug-likeness (QED) is 0.323. The van der Waals surface area contributed by atoms with E-state index in [2.05, 4.69) is 58.5 Å². The third kappa shape index (κ3) is 10.1. The van der Waals surface area contributed by atoms with Gasteiger partial charge in [-0.05, 0) is 56.4 Å². The molecule has 1 aromatic heterocycles. The molecule has 1 heterocycles. The fourth-order valence-electron chi connectivity index (χ4n) is 3.60. The molecule has 29 heavy (non-hydrogen) atoms. The Morgan fingerprint density at radius 3 is 2.17 bits per heavy atom. The molecule has 4 N–H and O–H groups in total. The van der Waals surface area contributed by atoms with E-state index in [9.17, 15) is 0 Å². The number of hydrogen-bond acceptors (Lipinski definition) is 5. The van der Waals surface area contributed by atoms with Gasteiger partial charge < -0.3 is 25.8 Å². The molecule has 0 saturated heterocycles. The lowest BCUT2D eigenvalue weighted by molar-refractivity contribution is 0.216. The normalized spacial score (nSPS) is 12.0. The summed E-state index contributed by atoms with van der Waals surface area (Å²) in [6.07, 6.45) is 2.30. The van der Waals surface area contributed by atoms with Gasteiger partial charge in [0.05, 0.1) is 11.0 Å². The van der Waals surface area contributed by atoms with Crippen LogP contribution in [0.5, 0.6) is 0 Å². The third-order valence-electron chi connectivity index (χ3n) is 4.77. The number of para-hydroxylation sites is 2. The van der Waals surface area contributed by atoms with Crippen LogP contribution in [0.1, 0.15) is 40.5 Å². The van der Waals surface area contributed by atoms with Crippen molar-refractivity contribution >= 4 is 17.0 Å². The number of rotatable bonds is 16. The summed E-state index contributed by atoms with van der Waals surface area (Å²) in [6.45, 7) is 17.9. The predicted octanol–water partition coefficient (Wildman–Crippen LogP) is 3.55. The maximum atomic E-state index is 4.53. The first-order valence-corrected chi connectivity index (χ1v) is 11.4. The fraction of sp³-hybridized carbons (Fsp3) is 0.696. The van der Waals surface area contributed by atoms with Crippen molar-refractivity contribution in [1.29, 1.82) is 0 Å². The van der Waals surface area contributed by atoms with Crippen LogP contribution in [0.15, 0.2) is 24.3 Å². The third-order valence-corrected chi connectivity index (χ3v) is 4.77. The van der Waals surface area contributed by atoms with Gasteiger partial charge in [0.2, 0.25) is 5.95 Å². The van der Waals surface area contributed by atoms with E-state index in [4.69, 9.17) is 0 Å². The highest BCUT2D eigenvalue weighted by atomic mass is 15.1. The number of hydrogen-bond donors (Lipinski definition) is 4. The molecule has 0 amide bonds. The van der Waals surface area contributed by atoms with Crippen LogP contribution in [0.3, 0.4) is 0 Å². The van der Waals surface area contributed by atoms with Crippen LogP contribution in [0.25, 0.3) is 11.0 Å². The summed E-state index contributed by atoms with van der Waals surface area (Å²) >= 11 is 0. The highest BCUT2D eigenvalue weighted by Crippen LogP contribution is 2.12. The Balaban J connectivity index is 1.42. The Labute approximate surface area is 177 Å². The first kappa shape index (κ1) is 23.6. The number of fused-ring (bicyclic) bond motifs is 1. The molecule has 2 rings (SSSR count). The molecule has 0 aliphatic heterocycles. The highest BCUT2D eigenvalue weighted by molar-refractivity contribution is 5.77. The van der Waals surface area contributed by atoms with Crippen LogP contribution < -0.4 is 16.0 Å². The number of H-pyrrole nitrogens is 1. The van der Waals surface area contributed by atoms with Crippen LogP contribution in [-0.2, 0) is 0 Å². The Morgan fingerprint density at radius 1 is 0.862 bits per heavy atom. The van der Waals surface area contributed by atoms with Crippen molar-refractivity contribution < 1.29 is 0 Å². The number of anilines is 1. The van der Waals surface area contributed by atoms with Crippen LogP contribution in [0.2, 0.25) is 0 Å². The predicted molar refractivity (Wildman–Crippen MR) is 126 cm³/mol. The molecule has 0 unspecified atom stereocenters. The smallest absolute Gasteiger partial charge is 0.201 e. The molecule has 0 aliphatic carbocycles. The van der Waals surface area contributed by atoms with Crippen molar-refractivity contribution in [1.82, 2.24) is 25.5 Å². The van der Waals surface area contributed by atoms with Gasteiger partial charge in [-0.3, -0.25) is 0 Å². The zero-order valence-corrected chi connectivity index (χ0v) is 18.9. The standard InChI is InChI=1S/C23H42N6/c1-19(2)17-29(18-20(3)4)16-8-12-25-15-14-24-11-7-13-26-23-27-21-9-5-6-10-22(21)28-23/h5-6,9-10,19-20,24-25H,7-8,11-18H2,1-4H3,(H2,26,27,28). The van der Waals surface area contributed by atoms with Crippen LogP contribution in [-0.4, -0.2) is 67.2 Å². The lowest BCUT2D eigenvalue weighted by atomic mass is 10.1. The molecule has 0 aliphatic rings. The van der Waals surface area contributed by atoms with Crippen LogP contribution >= 0.6 is 0 Å². The molecule has 0 atom stereocenters. The molecule has 6 nitrogen and oxygen atoms in total. The van der Waals surface area contributed by atoms with Crippen LogP contribution in [0.4, 0.5) is 5.95 Å². The summed E-state index contributed by atoms with van der Waals surface area (Å²) in [6, 6.07) is 8.11. The molecule has 0 radical (unpaired) electrons. The second-order valence-corrected chi connectivity index (χ2v) is 8.78. The number of benzene rings is 1. The molecule has 2 aromatic rings. The van der Waals surface area contributed by atoms with Crippen molar-refractivity contribution in [3.05, 3.63) is 24.3 Å². The summed E-state index contributed by atoms with van der Waals surface area (Å²) < 4.78 is 0. The van der Waals surface area contributed by atoms with Crippen LogP contribution in [0, 0.1) is 11.8 Å². The van der Waals surface area contributed by atoms with Crippen molar-refractivity contribution in [2.24, 2.45) is 11.8 Å². The lowest BCUT2D eigenvalue weighted by Gasteiger charge is -2.26. The summed E-state index contributed by atoms with van der Waals surface area (Å²) in [4.78, 5) is 10.4. The maximum absolute atomic E-state index is 4.53. The van der Waals surface area contributed by atoms with E-state index in [0.29, 0.717) is 0 Å². The van der Waals surface area contributed by atoms with Gasteiger partial charge in [0.15, 0.2) is 0 Å². The summed E-state index contributed by atoms with van der Waals surface area (Å²) in [5.74, 6) is 2.34. The van der Waals surface area contributed by atoms with E-state index < -0.39 is 0 Å². The molecule has 6 heteroatoms. The van der Waals surface area contributed by atoms with Crippen molar-refractivity contribution in [3.8, 4) is 0 Å². The van der Waals surface area contributed by atoms with E-state index in [1.54, 1.807) is 0 Å². The molecule has 0 bridgehead atoms. The minimum absolute atomic E-state index is 0.743. The van der Waals surface area contributed by atoms with Gasteiger partial charge >= 0.3 is 0 Å². The molecule has 0 saturated carbocycles. The zero-order chi connectivity index (χ0) is 20.9. The topological polar surface area (TPSA) is 68.0 Å². The first-order chi connectivity index (χ1) is 14.0. The number of nitrogens with one attached hydrogen (secondary N) is 4. The second kappa shape index (κ2) is 13.6. The first-order valence-electron chi connectivity index (χ1n) is 11.4. The zero-order valence-electron chi connectivity index (χ0n) is 18.9. The SMILES string of the molecule is CC(C)CN(CCCNCCNCCCNc1nc2ccccc2[nH]1)CC(C)C. The van der Waals surface area contributed by atoms with Crippen molar-refractivity contribution in [2.45, 2.75) is 40.5 Å². The lowest BCUT2D eigenvalue weighted by Crippen LogP contribution is -2.34. The van der Waals surface area contributed by atoms with E-state index in [1.807, 2.05) is 24.3 Å². The Bertz CT molecular complexity index is 623. The summed E-state index contributed by atoms with van der Waals surface area (Å²) in [5.41, 5.74) is 2.09. The molecule has 1 aromatic carbocycles. The average Bonchev–Trinajstić information content (AvgIpc) is 3.07. The Hall–Kier alpha value is -1.63. The Morgan fingerprint density at radius 2 is 1.52 bits per heavy atom. The van der Waals surface area contributed by atoms with Gasteiger partial charge in [-0.2, -0.15) is 0 Å². The highest BCUT2D eigenvalue weighted by Gasteiger charge is 2.08. The van der Waals surface area contributed by atoms with E-state index in [1.165, 1.54) is 26.1 Å². The maximum Gasteiger partial charge on any atom is 0.201 e. The largest absolute Gasteiger partial charge is 0.356 e.